The number of rotatable bonds is 6. The summed E-state index contributed by atoms with van der Waals surface area (Å²) in [4.78, 5) is 11.0. The molecule has 0 aliphatic heterocycles. The van der Waals surface area contributed by atoms with Crippen molar-refractivity contribution in [3.63, 3.8) is 0 Å². The molecule has 2 rings (SSSR count). The van der Waals surface area contributed by atoms with Gasteiger partial charge in [-0.2, -0.15) is 0 Å². The zero-order valence-corrected chi connectivity index (χ0v) is 14.9. The summed E-state index contributed by atoms with van der Waals surface area (Å²) in [6, 6.07) is 8.31. The molecule has 0 saturated carbocycles. The number of methoxy groups -OCH3 is 1. The zero-order chi connectivity index (χ0) is 20.2. The van der Waals surface area contributed by atoms with Gasteiger partial charge in [0.1, 0.15) is 5.75 Å². The molecule has 0 aliphatic rings. The number of halogens is 3. The highest BCUT2D eigenvalue weighted by Gasteiger charge is 2.32. The zero-order valence-electron chi connectivity index (χ0n) is 14.1. The minimum atomic E-state index is -4.99. The number of sulfonamides is 1. The Balaban J connectivity index is 2.39. The Morgan fingerprint density at radius 2 is 1.70 bits per heavy atom. The van der Waals surface area contributed by atoms with Crippen LogP contribution in [0.25, 0.3) is 0 Å². The van der Waals surface area contributed by atoms with Gasteiger partial charge in [0, 0.05) is 6.92 Å². The molecular weight excluding hydrogens is 389 g/mol. The summed E-state index contributed by atoms with van der Waals surface area (Å²) in [5.41, 5.74) is -0.306. The van der Waals surface area contributed by atoms with E-state index in [4.69, 9.17) is 4.74 Å². The van der Waals surface area contributed by atoms with Crippen LogP contribution in [0.4, 0.5) is 24.5 Å². The summed E-state index contributed by atoms with van der Waals surface area (Å²) < 4.78 is 73.4. The third kappa shape index (κ3) is 5.51. The maximum atomic E-state index is 12.6. The average Bonchev–Trinajstić information content (AvgIpc) is 2.54. The van der Waals surface area contributed by atoms with Crippen LogP contribution < -0.4 is 19.5 Å². The van der Waals surface area contributed by atoms with E-state index in [9.17, 15) is 26.4 Å². The average molecular weight is 404 g/mol. The molecule has 0 aromatic heterocycles. The van der Waals surface area contributed by atoms with Crippen molar-refractivity contribution in [1.82, 2.24) is 0 Å². The first-order valence-electron chi connectivity index (χ1n) is 7.35. The molecule has 2 N–H and O–H groups in total. The van der Waals surface area contributed by atoms with Gasteiger partial charge >= 0.3 is 6.36 Å². The lowest BCUT2D eigenvalue weighted by atomic mass is 10.3. The second-order valence-electron chi connectivity index (χ2n) is 5.19. The standard InChI is InChI=1S/C16H15F3N2O5S/c1-10(22)20-13-9-11(7-8-14(13)25-2)27(23,24)21-12-5-3-4-6-15(12)26-16(17,18)19/h3-9,21H,1-2H3,(H,20,22). The van der Waals surface area contributed by atoms with E-state index in [0.29, 0.717) is 0 Å². The van der Waals surface area contributed by atoms with Crippen molar-refractivity contribution in [3.05, 3.63) is 42.5 Å². The molecule has 1 amide bonds. The van der Waals surface area contributed by atoms with Crippen molar-refractivity contribution < 1.29 is 35.9 Å². The van der Waals surface area contributed by atoms with Gasteiger partial charge in [0.05, 0.1) is 23.4 Å². The van der Waals surface area contributed by atoms with E-state index in [1.807, 2.05) is 4.72 Å². The van der Waals surface area contributed by atoms with Gasteiger partial charge in [-0.1, -0.05) is 12.1 Å². The number of carbonyl (C=O) groups excluding carboxylic acids is 1. The van der Waals surface area contributed by atoms with Gasteiger partial charge < -0.3 is 14.8 Å². The van der Waals surface area contributed by atoms with E-state index in [-0.39, 0.29) is 16.3 Å². The Bertz CT molecular complexity index is 945. The van der Waals surface area contributed by atoms with Gasteiger partial charge in [0.2, 0.25) is 5.91 Å². The predicted octanol–water partition coefficient (Wildman–Crippen LogP) is 3.35. The topological polar surface area (TPSA) is 93.7 Å². The summed E-state index contributed by atoms with van der Waals surface area (Å²) in [7, 11) is -2.95. The fourth-order valence-corrected chi connectivity index (χ4v) is 3.21. The van der Waals surface area contributed by atoms with E-state index < -0.39 is 33.7 Å². The highest BCUT2D eigenvalue weighted by atomic mass is 32.2. The normalized spacial score (nSPS) is 11.6. The number of hydrogen-bond acceptors (Lipinski definition) is 5. The Morgan fingerprint density at radius 1 is 1.04 bits per heavy atom. The first kappa shape index (κ1) is 20.4. The van der Waals surface area contributed by atoms with Crippen LogP contribution in [0.2, 0.25) is 0 Å². The number of benzene rings is 2. The Hall–Kier alpha value is -2.95. The molecule has 0 fully saturated rings. The fourth-order valence-electron chi connectivity index (χ4n) is 2.11. The predicted molar refractivity (Wildman–Crippen MR) is 91.2 cm³/mol. The number of para-hydroxylation sites is 2. The number of hydrogen-bond donors (Lipinski definition) is 2. The van der Waals surface area contributed by atoms with Gasteiger partial charge in [-0.15, -0.1) is 13.2 Å². The van der Waals surface area contributed by atoms with E-state index in [1.165, 1.54) is 38.3 Å². The second kappa shape index (κ2) is 7.74. The Morgan fingerprint density at radius 3 is 2.30 bits per heavy atom. The summed E-state index contributed by atoms with van der Waals surface area (Å²) in [5, 5.41) is 2.41. The maximum Gasteiger partial charge on any atom is 0.573 e. The number of nitrogens with one attached hydrogen (secondary N) is 2. The molecule has 0 bridgehead atoms. The lowest BCUT2D eigenvalue weighted by Crippen LogP contribution is -2.20. The summed E-state index contributed by atoms with van der Waals surface area (Å²) >= 11 is 0. The smallest absolute Gasteiger partial charge is 0.495 e. The lowest BCUT2D eigenvalue weighted by molar-refractivity contribution is -0.274. The van der Waals surface area contributed by atoms with Gasteiger partial charge in [0.25, 0.3) is 10.0 Å². The highest BCUT2D eigenvalue weighted by Crippen LogP contribution is 2.33. The van der Waals surface area contributed by atoms with Gasteiger partial charge in [-0.3, -0.25) is 9.52 Å². The van der Waals surface area contributed by atoms with Gasteiger partial charge in [-0.25, -0.2) is 8.42 Å². The van der Waals surface area contributed by atoms with Crippen LogP contribution in [-0.4, -0.2) is 27.8 Å². The summed E-state index contributed by atoms with van der Waals surface area (Å²) in [6.45, 7) is 1.23. The van der Waals surface area contributed by atoms with Crippen LogP contribution in [0, 0.1) is 0 Å². The van der Waals surface area contributed by atoms with Crippen LogP contribution in [-0.2, 0) is 14.8 Å². The van der Waals surface area contributed by atoms with Crippen LogP contribution in [0.15, 0.2) is 47.4 Å². The molecule has 0 aliphatic carbocycles. The molecule has 7 nitrogen and oxygen atoms in total. The molecule has 0 atom stereocenters. The lowest BCUT2D eigenvalue weighted by Gasteiger charge is -2.16. The molecule has 0 heterocycles. The summed E-state index contributed by atoms with van der Waals surface area (Å²) in [5.74, 6) is -0.950. The number of amides is 1. The molecule has 0 spiro atoms. The summed E-state index contributed by atoms with van der Waals surface area (Å²) in [6.07, 6.45) is -4.99. The second-order valence-corrected chi connectivity index (χ2v) is 6.88. The third-order valence-electron chi connectivity index (χ3n) is 3.15. The van der Waals surface area contributed by atoms with E-state index in [1.54, 1.807) is 0 Å². The molecule has 0 radical (unpaired) electrons. The van der Waals surface area contributed by atoms with Crippen LogP contribution in [0.3, 0.4) is 0 Å². The van der Waals surface area contributed by atoms with Gasteiger partial charge in [-0.05, 0) is 30.3 Å². The first-order chi connectivity index (χ1) is 12.5. The van der Waals surface area contributed by atoms with Crippen molar-refractivity contribution in [2.75, 3.05) is 17.1 Å². The number of carbonyl (C=O) groups is 1. The molecule has 146 valence electrons. The third-order valence-corrected chi connectivity index (χ3v) is 4.51. The highest BCUT2D eigenvalue weighted by molar-refractivity contribution is 7.92. The van der Waals surface area contributed by atoms with Crippen molar-refractivity contribution in [2.45, 2.75) is 18.2 Å². The van der Waals surface area contributed by atoms with E-state index in [2.05, 4.69) is 10.1 Å². The monoisotopic (exact) mass is 404 g/mol. The molecule has 0 saturated heterocycles. The van der Waals surface area contributed by atoms with Crippen molar-refractivity contribution >= 4 is 27.3 Å². The Kier molecular flexibility index (Phi) is 5.84. The SMILES string of the molecule is COc1ccc(S(=O)(=O)Nc2ccccc2OC(F)(F)F)cc1NC(C)=O. The molecule has 2 aromatic carbocycles. The van der Waals surface area contributed by atoms with Crippen LogP contribution in [0.5, 0.6) is 11.5 Å². The van der Waals surface area contributed by atoms with Crippen LogP contribution >= 0.6 is 0 Å². The largest absolute Gasteiger partial charge is 0.573 e. The van der Waals surface area contributed by atoms with Crippen molar-refractivity contribution in [2.24, 2.45) is 0 Å². The van der Waals surface area contributed by atoms with Crippen molar-refractivity contribution in [1.29, 1.82) is 0 Å². The Labute approximate surface area is 153 Å². The minimum Gasteiger partial charge on any atom is -0.495 e. The minimum absolute atomic E-state index is 0.0905. The number of alkyl halides is 3. The van der Waals surface area contributed by atoms with Crippen molar-refractivity contribution in [3.8, 4) is 11.5 Å². The molecule has 0 unspecified atom stereocenters. The first-order valence-corrected chi connectivity index (χ1v) is 8.83. The molecule has 11 heteroatoms. The maximum absolute atomic E-state index is 12.6. The quantitative estimate of drug-likeness (QED) is 0.770. The fraction of sp³-hybridized carbons (Fsp3) is 0.188. The van der Waals surface area contributed by atoms with E-state index in [0.717, 1.165) is 18.2 Å². The molecule has 2 aromatic rings. The molecular formula is C16H15F3N2O5S. The molecule has 27 heavy (non-hydrogen) atoms. The number of anilines is 2. The number of ether oxygens (including phenoxy) is 2. The van der Waals surface area contributed by atoms with E-state index >= 15 is 0 Å². The van der Waals surface area contributed by atoms with Crippen LogP contribution in [0.1, 0.15) is 6.92 Å². The van der Waals surface area contributed by atoms with Gasteiger partial charge in [0.15, 0.2) is 5.75 Å².